The lowest BCUT2D eigenvalue weighted by molar-refractivity contribution is -0.141. The van der Waals surface area contributed by atoms with Crippen LogP contribution < -0.4 is 10.1 Å². The fraction of sp³-hybridized carbons (Fsp3) is 0.467. The van der Waals surface area contributed by atoms with Crippen molar-refractivity contribution in [2.75, 3.05) is 27.4 Å². The number of hydrogen-bond donors (Lipinski definition) is 2. The van der Waals surface area contributed by atoms with Crippen molar-refractivity contribution >= 4 is 11.9 Å². The lowest BCUT2D eigenvalue weighted by Crippen LogP contribution is -2.34. The van der Waals surface area contributed by atoms with Crippen molar-refractivity contribution in [3.05, 3.63) is 29.8 Å². The first-order valence-corrected chi connectivity index (χ1v) is 6.68. The van der Waals surface area contributed by atoms with Crippen molar-refractivity contribution in [3.8, 4) is 5.75 Å². The Hall–Kier alpha value is -2.08. The summed E-state index contributed by atoms with van der Waals surface area (Å²) in [6, 6.07) is 7.26. The molecule has 116 valence electrons. The zero-order chi connectivity index (χ0) is 15.7. The van der Waals surface area contributed by atoms with Gasteiger partial charge < -0.3 is 19.9 Å². The largest absolute Gasteiger partial charge is 0.496 e. The summed E-state index contributed by atoms with van der Waals surface area (Å²) in [7, 11) is 3.05. The number of nitrogens with one attached hydrogen (secondary N) is 1. The third-order valence-electron chi connectivity index (χ3n) is 3.09. The number of para-hydroxylation sites is 1. The Bertz CT molecular complexity index is 475. The van der Waals surface area contributed by atoms with Crippen LogP contribution in [0.1, 0.15) is 12.0 Å². The molecule has 0 spiro atoms. The van der Waals surface area contributed by atoms with E-state index >= 15 is 0 Å². The van der Waals surface area contributed by atoms with Crippen LogP contribution in [0.25, 0.3) is 0 Å². The summed E-state index contributed by atoms with van der Waals surface area (Å²) in [6.07, 6.45) is 0.515. The Morgan fingerprint density at radius 1 is 1.29 bits per heavy atom. The predicted molar refractivity (Wildman–Crippen MR) is 77.3 cm³/mol. The molecule has 6 heteroatoms. The molecule has 0 radical (unpaired) electrons. The lowest BCUT2D eigenvalue weighted by atomic mass is 9.98. The van der Waals surface area contributed by atoms with Gasteiger partial charge in [-0.25, -0.2) is 0 Å². The molecule has 0 aliphatic heterocycles. The highest BCUT2D eigenvalue weighted by atomic mass is 16.5. The molecule has 0 fully saturated rings. The Labute approximate surface area is 124 Å². The van der Waals surface area contributed by atoms with Gasteiger partial charge in [-0.2, -0.15) is 0 Å². The minimum Gasteiger partial charge on any atom is -0.496 e. The minimum atomic E-state index is -0.951. The molecule has 0 aromatic heterocycles. The Morgan fingerprint density at radius 3 is 2.62 bits per heavy atom. The van der Waals surface area contributed by atoms with Crippen molar-refractivity contribution < 1.29 is 24.2 Å². The molecule has 0 aliphatic carbocycles. The second-order valence-corrected chi connectivity index (χ2v) is 4.60. The number of rotatable bonds is 9. The maximum atomic E-state index is 11.5. The highest BCUT2D eigenvalue weighted by molar-refractivity contribution is 5.77. The number of carboxylic acid groups (broad SMARTS) is 1. The van der Waals surface area contributed by atoms with Crippen LogP contribution in [-0.2, 0) is 20.7 Å². The van der Waals surface area contributed by atoms with E-state index in [9.17, 15) is 14.7 Å². The quantitative estimate of drug-likeness (QED) is 0.712. The molecular formula is C15H21NO5. The van der Waals surface area contributed by atoms with E-state index in [1.165, 1.54) is 7.11 Å². The van der Waals surface area contributed by atoms with Gasteiger partial charge in [-0.05, 0) is 18.1 Å². The van der Waals surface area contributed by atoms with Crippen LogP contribution in [0.4, 0.5) is 0 Å². The zero-order valence-corrected chi connectivity index (χ0v) is 12.3. The average Bonchev–Trinajstić information content (AvgIpc) is 2.49. The van der Waals surface area contributed by atoms with Crippen molar-refractivity contribution in [3.63, 3.8) is 0 Å². The van der Waals surface area contributed by atoms with Gasteiger partial charge in [0.05, 0.1) is 19.6 Å². The number of benzene rings is 1. The molecule has 0 saturated carbocycles. The van der Waals surface area contributed by atoms with E-state index in [1.807, 2.05) is 18.2 Å². The molecule has 1 unspecified atom stereocenters. The highest BCUT2D eigenvalue weighted by Crippen LogP contribution is 2.20. The minimum absolute atomic E-state index is 0.0793. The van der Waals surface area contributed by atoms with E-state index in [4.69, 9.17) is 9.47 Å². The van der Waals surface area contributed by atoms with E-state index in [0.717, 1.165) is 5.56 Å². The second kappa shape index (κ2) is 8.97. The Kier molecular flexibility index (Phi) is 7.25. The first-order chi connectivity index (χ1) is 10.1. The van der Waals surface area contributed by atoms with E-state index < -0.39 is 11.9 Å². The van der Waals surface area contributed by atoms with Gasteiger partial charge in [0.2, 0.25) is 5.91 Å². The number of aliphatic carboxylic acids is 1. The molecule has 1 amide bonds. The fourth-order valence-electron chi connectivity index (χ4n) is 1.90. The third kappa shape index (κ3) is 5.83. The van der Waals surface area contributed by atoms with Gasteiger partial charge in [-0.3, -0.25) is 9.59 Å². The first-order valence-electron chi connectivity index (χ1n) is 6.68. The number of carboxylic acids is 1. The van der Waals surface area contributed by atoms with Crippen LogP contribution in [0, 0.1) is 5.92 Å². The summed E-state index contributed by atoms with van der Waals surface area (Å²) in [4.78, 5) is 22.8. The summed E-state index contributed by atoms with van der Waals surface area (Å²) < 4.78 is 10.0. The summed E-state index contributed by atoms with van der Waals surface area (Å²) >= 11 is 0. The van der Waals surface area contributed by atoms with Crippen molar-refractivity contribution in [1.82, 2.24) is 5.32 Å². The topological polar surface area (TPSA) is 84.9 Å². The van der Waals surface area contributed by atoms with Crippen molar-refractivity contribution in [1.29, 1.82) is 0 Å². The molecule has 1 aromatic rings. The molecule has 6 nitrogen and oxygen atoms in total. The number of amides is 1. The smallest absolute Gasteiger partial charge is 0.308 e. The van der Waals surface area contributed by atoms with Gasteiger partial charge in [0, 0.05) is 20.1 Å². The van der Waals surface area contributed by atoms with Gasteiger partial charge in [0.1, 0.15) is 5.75 Å². The normalized spacial score (nSPS) is 11.7. The number of ether oxygens (including phenoxy) is 2. The van der Waals surface area contributed by atoms with E-state index in [1.54, 1.807) is 13.2 Å². The lowest BCUT2D eigenvalue weighted by Gasteiger charge is -2.15. The molecule has 0 aliphatic rings. The maximum Gasteiger partial charge on any atom is 0.308 e. The molecule has 1 aromatic carbocycles. The maximum absolute atomic E-state index is 11.5. The number of methoxy groups -OCH3 is 2. The second-order valence-electron chi connectivity index (χ2n) is 4.60. The van der Waals surface area contributed by atoms with Crippen LogP contribution in [0.15, 0.2) is 24.3 Å². The molecule has 21 heavy (non-hydrogen) atoms. The molecule has 2 N–H and O–H groups in total. The Morgan fingerprint density at radius 2 is 2.00 bits per heavy atom. The molecular weight excluding hydrogens is 274 g/mol. The van der Waals surface area contributed by atoms with Crippen LogP contribution in [0.5, 0.6) is 5.75 Å². The van der Waals surface area contributed by atoms with Crippen LogP contribution in [0.2, 0.25) is 0 Å². The summed E-state index contributed by atoms with van der Waals surface area (Å²) in [5.41, 5.74) is 0.804. The van der Waals surface area contributed by atoms with Gasteiger partial charge in [-0.1, -0.05) is 18.2 Å². The average molecular weight is 295 g/mol. The van der Waals surface area contributed by atoms with Gasteiger partial charge in [-0.15, -0.1) is 0 Å². The van der Waals surface area contributed by atoms with Crippen LogP contribution in [-0.4, -0.2) is 44.4 Å². The van der Waals surface area contributed by atoms with E-state index in [-0.39, 0.29) is 18.9 Å². The first kappa shape index (κ1) is 17.0. The fourth-order valence-corrected chi connectivity index (χ4v) is 1.90. The summed E-state index contributed by atoms with van der Waals surface area (Å²) in [6.45, 7) is 0.395. The standard InChI is InChI=1S/C15H21NO5/c1-20-8-7-14(17)16-10-12(15(18)19)9-11-5-3-4-6-13(11)21-2/h3-6,12H,7-10H2,1-2H3,(H,16,17)(H,18,19). The molecule has 1 atom stereocenters. The summed E-state index contributed by atoms with van der Waals surface area (Å²) in [5.74, 6) is -1.22. The number of hydrogen-bond acceptors (Lipinski definition) is 4. The molecule has 0 saturated heterocycles. The van der Waals surface area contributed by atoms with E-state index in [0.29, 0.717) is 18.8 Å². The number of carbonyl (C=O) groups excluding carboxylic acids is 1. The molecule has 1 rings (SSSR count). The van der Waals surface area contributed by atoms with Crippen molar-refractivity contribution in [2.24, 2.45) is 5.92 Å². The Balaban J connectivity index is 2.62. The zero-order valence-electron chi connectivity index (χ0n) is 12.3. The van der Waals surface area contributed by atoms with Gasteiger partial charge in [0.25, 0.3) is 0 Å². The summed E-state index contributed by atoms with van der Waals surface area (Å²) in [5, 5.41) is 11.9. The van der Waals surface area contributed by atoms with Crippen LogP contribution in [0.3, 0.4) is 0 Å². The number of carbonyl (C=O) groups is 2. The SMILES string of the molecule is COCCC(=O)NCC(Cc1ccccc1OC)C(=O)O. The van der Waals surface area contributed by atoms with Crippen LogP contribution >= 0.6 is 0 Å². The van der Waals surface area contributed by atoms with Gasteiger partial charge in [0.15, 0.2) is 0 Å². The highest BCUT2D eigenvalue weighted by Gasteiger charge is 2.20. The van der Waals surface area contributed by atoms with Crippen molar-refractivity contribution in [2.45, 2.75) is 12.8 Å². The third-order valence-corrected chi connectivity index (χ3v) is 3.09. The predicted octanol–water partition coefficient (Wildman–Crippen LogP) is 1.09. The van der Waals surface area contributed by atoms with Gasteiger partial charge >= 0.3 is 5.97 Å². The molecule has 0 bridgehead atoms. The monoisotopic (exact) mass is 295 g/mol. The molecule has 0 heterocycles. The van der Waals surface area contributed by atoms with E-state index in [2.05, 4.69) is 5.32 Å².